The summed E-state index contributed by atoms with van der Waals surface area (Å²) < 4.78 is 12.8. The number of carbonyl (C=O) groups excluding carboxylic acids is 1. The Morgan fingerprint density at radius 1 is 1.54 bits per heavy atom. The first kappa shape index (κ1) is 10.3. The Kier molecular flexibility index (Phi) is 3.48. The van der Waals surface area contributed by atoms with Gasteiger partial charge in [0, 0.05) is 16.9 Å². The smallest absolute Gasteiger partial charge is 0.163 e. The van der Waals surface area contributed by atoms with Gasteiger partial charge < -0.3 is 0 Å². The molecule has 0 unspecified atom stereocenters. The maximum Gasteiger partial charge on any atom is 0.163 e. The molecule has 0 spiro atoms. The minimum Gasteiger partial charge on any atom is -0.294 e. The summed E-state index contributed by atoms with van der Waals surface area (Å²) >= 11 is 1.39. The Morgan fingerprint density at radius 2 is 2.23 bits per heavy atom. The van der Waals surface area contributed by atoms with Crippen LogP contribution in [0.4, 0.5) is 4.39 Å². The molecule has 0 aromatic heterocycles. The van der Waals surface area contributed by atoms with Crippen molar-refractivity contribution >= 4 is 17.5 Å². The van der Waals surface area contributed by atoms with Gasteiger partial charge in [0.05, 0.1) is 0 Å². The van der Waals surface area contributed by atoms with Gasteiger partial charge in [0.15, 0.2) is 5.78 Å². The Morgan fingerprint density at radius 3 is 2.77 bits per heavy atom. The minimum atomic E-state index is -0.294. The highest BCUT2D eigenvalue weighted by atomic mass is 32.2. The van der Waals surface area contributed by atoms with Crippen molar-refractivity contribution in [1.29, 1.82) is 0 Å². The lowest BCUT2D eigenvalue weighted by Crippen LogP contribution is -1.99. The summed E-state index contributed by atoms with van der Waals surface area (Å²) in [5, 5.41) is 0. The molecule has 0 amide bonds. The molecule has 1 rings (SSSR count). The van der Waals surface area contributed by atoms with Gasteiger partial charge in [-0.05, 0) is 24.5 Å². The summed E-state index contributed by atoms with van der Waals surface area (Å²) in [7, 11) is 0. The van der Waals surface area contributed by atoms with E-state index in [9.17, 15) is 9.18 Å². The van der Waals surface area contributed by atoms with Gasteiger partial charge in [0.2, 0.25) is 0 Å². The predicted molar refractivity (Wildman–Crippen MR) is 52.8 cm³/mol. The minimum absolute atomic E-state index is 0.0596. The quantitative estimate of drug-likeness (QED) is 0.548. The molecule has 0 heterocycles. The summed E-state index contributed by atoms with van der Waals surface area (Å²) in [6.45, 7) is 1.80. The van der Waals surface area contributed by atoms with Crippen molar-refractivity contribution in [2.75, 3.05) is 6.26 Å². The molecule has 3 heteroatoms. The summed E-state index contributed by atoms with van der Waals surface area (Å²) in [4.78, 5) is 12.1. The molecule has 0 atom stereocenters. The number of ketones is 1. The molecule has 0 aliphatic carbocycles. The molecule has 0 bridgehead atoms. The highest BCUT2D eigenvalue weighted by Gasteiger charge is 2.09. The Bertz CT molecular complexity index is 323. The van der Waals surface area contributed by atoms with Gasteiger partial charge in [0.1, 0.15) is 5.82 Å². The third kappa shape index (κ3) is 2.31. The molecule has 1 aromatic carbocycles. The van der Waals surface area contributed by atoms with Crippen LogP contribution in [0.25, 0.3) is 0 Å². The molecule has 0 aliphatic heterocycles. The second kappa shape index (κ2) is 4.42. The number of hydrogen-bond acceptors (Lipinski definition) is 2. The summed E-state index contributed by atoms with van der Waals surface area (Å²) in [5.41, 5.74) is 0.622. The van der Waals surface area contributed by atoms with E-state index in [1.165, 1.54) is 23.9 Å². The SMILES string of the molecule is CCC(=O)c1ccc(F)cc1SC. The predicted octanol–water partition coefficient (Wildman–Crippen LogP) is 3.14. The standard InChI is InChI=1S/C10H11FOS/c1-3-9(12)8-5-4-7(11)6-10(8)13-2/h4-6H,3H2,1-2H3. The fourth-order valence-electron chi connectivity index (χ4n) is 1.09. The van der Waals surface area contributed by atoms with E-state index in [1.54, 1.807) is 13.0 Å². The molecule has 1 nitrogen and oxygen atoms in total. The highest BCUT2D eigenvalue weighted by molar-refractivity contribution is 7.98. The molecule has 0 saturated heterocycles. The lowest BCUT2D eigenvalue weighted by atomic mass is 10.1. The van der Waals surface area contributed by atoms with Gasteiger partial charge in [-0.25, -0.2) is 4.39 Å². The van der Waals surface area contributed by atoms with Crippen LogP contribution in [0, 0.1) is 5.82 Å². The van der Waals surface area contributed by atoms with Crippen molar-refractivity contribution in [3.05, 3.63) is 29.6 Å². The maximum atomic E-state index is 12.8. The molecule has 0 radical (unpaired) electrons. The fraction of sp³-hybridized carbons (Fsp3) is 0.300. The average Bonchev–Trinajstić information content (AvgIpc) is 2.16. The first-order chi connectivity index (χ1) is 6.19. The molecule has 1 aromatic rings. The van der Waals surface area contributed by atoms with Crippen LogP contribution in [0.3, 0.4) is 0 Å². The normalized spacial score (nSPS) is 10.1. The number of Topliss-reactive ketones (excluding diaryl/α,β-unsaturated/α-hetero) is 1. The first-order valence-corrected chi connectivity index (χ1v) is 5.28. The first-order valence-electron chi connectivity index (χ1n) is 4.05. The zero-order chi connectivity index (χ0) is 9.84. The van der Waals surface area contributed by atoms with Crippen molar-refractivity contribution in [3.63, 3.8) is 0 Å². The van der Waals surface area contributed by atoms with Crippen LogP contribution in [0.15, 0.2) is 23.1 Å². The second-order valence-electron chi connectivity index (χ2n) is 2.62. The van der Waals surface area contributed by atoms with Gasteiger partial charge in [-0.2, -0.15) is 0 Å². The van der Waals surface area contributed by atoms with E-state index in [0.717, 1.165) is 0 Å². The van der Waals surface area contributed by atoms with Crippen LogP contribution < -0.4 is 0 Å². The number of thioether (sulfide) groups is 1. The number of hydrogen-bond donors (Lipinski definition) is 0. The van der Waals surface area contributed by atoms with E-state index < -0.39 is 0 Å². The van der Waals surface area contributed by atoms with E-state index in [0.29, 0.717) is 16.9 Å². The van der Waals surface area contributed by atoms with E-state index in [-0.39, 0.29) is 11.6 Å². The van der Waals surface area contributed by atoms with Crippen molar-refractivity contribution in [2.24, 2.45) is 0 Å². The number of carbonyl (C=O) groups is 1. The van der Waals surface area contributed by atoms with Gasteiger partial charge in [0.25, 0.3) is 0 Å². The van der Waals surface area contributed by atoms with Crippen LogP contribution in [0.5, 0.6) is 0 Å². The van der Waals surface area contributed by atoms with Crippen molar-refractivity contribution in [2.45, 2.75) is 18.2 Å². The largest absolute Gasteiger partial charge is 0.294 e. The van der Waals surface area contributed by atoms with Crippen molar-refractivity contribution in [1.82, 2.24) is 0 Å². The van der Waals surface area contributed by atoms with Gasteiger partial charge >= 0.3 is 0 Å². The molecular formula is C10H11FOS. The molecule has 0 N–H and O–H groups in total. The third-order valence-corrected chi connectivity index (χ3v) is 2.56. The monoisotopic (exact) mass is 198 g/mol. The Hall–Kier alpha value is -0.830. The number of benzene rings is 1. The van der Waals surface area contributed by atoms with E-state index in [2.05, 4.69) is 0 Å². The molecule has 0 aliphatic rings. The highest BCUT2D eigenvalue weighted by Crippen LogP contribution is 2.22. The number of halogens is 1. The topological polar surface area (TPSA) is 17.1 Å². The van der Waals surface area contributed by atoms with Crippen LogP contribution in [-0.4, -0.2) is 12.0 Å². The summed E-state index contributed by atoms with van der Waals surface area (Å²) in [5.74, 6) is -0.235. The Labute approximate surface area is 81.3 Å². The van der Waals surface area contributed by atoms with Crippen LogP contribution >= 0.6 is 11.8 Å². The zero-order valence-corrected chi connectivity index (χ0v) is 8.45. The lowest BCUT2D eigenvalue weighted by molar-refractivity contribution is 0.0985. The molecule has 70 valence electrons. The molecule has 13 heavy (non-hydrogen) atoms. The molecular weight excluding hydrogens is 187 g/mol. The Balaban J connectivity index is 3.13. The lowest BCUT2D eigenvalue weighted by Gasteiger charge is -2.04. The van der Waals surface area contributed by atoms with E-state index in [4.69, 9.17) is 0 Å². The average molecular weight is 198 g/mol. The summed E-state index contributed by atoms with van der Waals surface area (Å²) in [6.07, 6.45) is 2.29. The van der Waals surface area contributed by atoms with Crippen molar-refractivity contribution in [3.8, 4) is 0 Å². The van der Waals surface area contributed by atoms with E-state index in [1.807, 2.05) is 6.26 Å². The zero-order valence-electron chi connectivity index (χ0n) is 7.63. The second-order valence-corrected chi connectivity index (χ2v) is 3.47. The van der Waals surface area contributed by atoms with E-state index >= 15 is 0 Å². The molecule has 0 saturated carbocycles. The number of rotatable bonds is 3. The molecule has 0 fully saturated rings. The van der Waals surface area contributed by atoms with Crippen LogP contribution in [0.2, 0.25) is 0 Å². The van der Waals surface area contributed by atoms with Gasteiger partial charge in [-0.3, -0.25) is 4.79 Å². The summed E-state index contributed by atoms with van der Waals surface area (Å²) in [6, 6.07) is 4.27. The third-order valence-electron chi connectivity index (χ3n) is 1.79. The van der Waals surface area contributed by atoms with Crippen molar-refractivity contribution < 1.29 is 9.18 Å². The van der Waals surface area contributed by atoms with Gasteiger partial charge in [-0.1, -0.05) is 6.92 Å². The van der Waals surface area contributed by atoms with Gasteiger partial charge in [-0.15, -0.1) is 11.8 Å². The maximum absolute atomic E-state index is 12.8. The fourth-order valence-corrected chi connectivity index (χ4v) is 1.72. The van der Waals surface area contributed by atoms with Crippen LogP contribution in [-0.2, 0) is 0 Å². The van der Waals surface area contributed by atoms with Crippen LogP contribution in [0.1, 0.15) is 23.7 Å².